The van der Waals surface area contributed by atoms with Crippen LogP contribution >= 0.6 is 11.3 Å². The number of pyridine rings is 1. The maximum Gasteiger partial charge on any atom is 0.264 e. The summed E-state index contributed by atoms with van der Waals surface area (Å²) >= 11 is 1.44. The van der Waals surface area contributed by atoms with Gasteiger partial charge in [0, 0.05) is 49.6 Å². The Kier molecular flexibility index (Phi) is 5.16. The number of aromatic nitrogens is 2. The second-order valence-corrected chi connectivity index (χ2v) is 9.10. The number of nitrogens with zero attached hydrogens (tertiary/aromatic N) is 3. The first-order valence-electron chi connectivity index (χ1n) is 10.5. The van der Waals surface area contributed by atoms with Crippen LogP contribution in [-0.2, 0) is 11.8 Å². The van der Waals surface area contributed by atoms with Gasteiger partial charge in [0.1, 0.15) is 11.5 Å². The fraction of sp³-hybridized carbons (Fsp3) is 0.333. The van der Waals surface area contributed by atoms with Gasteiger partial charge in [-0.05, 0) is 50.1 Å². The monoisotopic (exact) mass is 435 g/mol. The summed E-state index contributed by atoms with van der Waals surface area (Å²) in [7, 11) is 3.74. The number of hydrogen-bond acceptors (Lipinski definition) is 5. The number of thiophene rings is 1. The molecule has 0 radical (unpaired) electrons. The third kappa shape index (κ3) is 3.58. The second-order valence-electron chi connectivity index (χ2n) is 8.05. The molecule has 0 spiro atoms. The summed E-state index contributed by atoms with van der Waals surface area (Å²) in [6.45, 7) is 3.44. The topological polar surface area (TPSA) is 56.6 Å². The Balaban J connectivity index is 1.45. The highest BCUT2D eigenvalue weighted by Gasteiger charge is 2.30. The van der Waals surface area contributed by atoms with Gasteiger partial charge >= 0.3 is 0 Å². The molecule has 1 aromatic carbocycles. The molecule has 1 aliphatic heterocycles. The predicted molar refractivity (Wildman–Crippen MR) is 123 cm³/mol. The van der Waals surface area contributed by atoms with E-state index in [2.05, 4.69) is 35.7 Å². The lowest BCUT2D eigenvalue weighted by atomic mass is 10.2. The zero-order valence-corrected chi connectivity index (χ0v) is 18.7. The summed E-state index contributed by atoms with van der Waals surface area (Å²) in [5, 5.41) is 1.14. The molecule has 31 heavy (non-hydrogen) atoms. The van der Waals surface area contributed by atoms with E-state index in [0.29, 0.717) is 11.5 Å². The van der Waals surface area contributed by atoms with Crippen molar-refractivity contribution in [1.82, 2.24) is 14.5 Å². The molecule has 0 unspecified atom stereocenters. The molecular formula is C24H25N3O3S. The number of aryl methyl sites for hydroxylation is 2. The molecule has 0 bridgehead atoms. The number of benzene rings is 1. The molecule has 1 amide bonds. The Morgan fingerprint density at radius 2 is 2.13 bits per heavy atom. The van der Waals surface area contributed by atoms with Crippen LogP contribution in [0.3, 0.4) is 0 Å². The third-order valence-electron chi connectivity index (χ3n) is 6.07. The molecule has 4 heterocycles. The third-order valence-corrected chi connectivity index (χ3v) is 7.19. The van der Waals surface area contributed by atoms with Gasteiger partial charge in [-0.1, -0.05) is 0 Å². The van der Waals surface area contributed by atoms with Crippen LogP contribution < -0.4 is 4.74 Å². The average molecular weight is 436 g/mol. The SMILES string of the molecule is COC[C@H]1CCCN1C(=O)c1cc2nccc(Oc3ccc4c(c3)cc(C)n4C)c2s1. The highest BCUT2D eigenvalue weighted by Crippen LogP contribution is 2.37. The van der Waals surface area contributed by atoms with Gasteiger partial charge in [0.25, 0.3) is 5.91 Å². The quantitative estimate of drug-likeness (QED) is 0.436. The van der Waals surface area contributed by atoms with Gasteiger partial charge < -0.3 is 18.9 Å². The van der Waals surface area contributed by atoms with Crippen LogP contribution in [0.5, 0.6) is 11.5 Å². The van der Waals surface area contributed by atoms with E-state index in [1.165, 1.54) is 22.5 Å². The molecule has 0 N–H and O–H groups in total. The van der Waals surface area contributed by atoms with Crippen molar-refractivity contribution in [3.63, 3.8) is 0 Å². The highest BCUT2D eigenvalue weighted by molar-refractivity contribution is 7.21. The van der Waals surface area contributed by atoms with E-state index in [9.17, 15) is 4.79 Å². The minimum atomic E-state index is 0.0506. The Labute approximate surface area is 185 Å². The van der Waals surface area contributed by atoms with Gasteiger partial charge in [-0.25, -0.2) is 0 Å². The van der Waals surface area contributed by atoms with Gasteiger partial charge in [-0.3, -0.25) is 9.78 Å². The van der Waals surface area contributed by atoms with Gasteiger partial charge in [-0.15, -0.1) is 11.3 Å². The van der Waals surface area contributed by atoms with Crippen molar-refractivity contribution in [2.75, 3.05) is 20.3 Å². The van der Waals surface area contributed by atoms with E-state index in [1.54, 1.807) is 13.3 Å². The Morgan fingerprint density at radius 1 is 1.26 bits per heavy atom. The molecule has 5 rings (SSSR count). The molecule has 0 aliphatic carbocycles. The van der Waals surface area contributed by atoms with E-state index in [0.717, 1.165) is 46.5 Å². The van der Waals surface area contributed by atoms with Crippen molar-refractivity contribution >= 4 is 38.4 Å². The van der Waals surface area contributed by atoms with Crippen molar-refractivity contribution in [1.29, 1.82) is 0 Å². The normalized spacial score (nSPS) is 16.5. The number of amides is 1. The maximum absolute atomic E-state index is 13.2. The molecule has 1 saturated heterocycles. The first-order valence-corrected chi connectivity index (χ1v) is 11.3. The number of fused-ring (bicyclic) bond motifs is 2. The number of rotatable bonds is 5. The molecule has 3 aromatic heterocycles. The van der Waals surface area contributed by atoms with Crippen LogP contribution in [0.1, 0.15) is 28.2 Å². The number of hydrogen-bond donors (Lipinski definition) is 0. The summed E-state index contributed by atoms with van der Waals surface area (Å²) < 4.78 is 14.6. The molecule has 1 fully saturated rings. The van der Waals surface area contributed by atoms with Crippen molar-refractivity contribution in [3.05, 3.63) is 53.2 Å². The van der Waals surface area contributed by atoms with Crippen LogP contribution in [0.2, 0.25) is 0 Å². The maximum atomic E-state index is 13.2. The Hall–Kier alpha value is -2.90. The summed E-state index contributed by atoms with van der Waals surface area (Å²) in [5.41, 5.74) is 3.16. The van der Waals surface area contributed by atoms with Crippen LogP contribution in [-0.4, -0.2) is 46.7 Å². The number of ether oxygens (including phenoxy) is 2. The number of likely N-dealkylation sites (tertiary alicyclic amines) is 1. The standard InChI is InChI=1S/C24H25N3O3S/c1-15-11-16-12-18(6-7-20(16)26(15)2)30-21-8-9-25-19-13-22(31-23(19)21)24(28)27-10-4-5-17(27)14-29-3/h6-9,11-13,17H,4-5,10,14H2,1-3H3/t17-/m1/s1. The van der Waals surface area contributed by atoms with Gasteiger partial charge in [0.15, 0.2) is 0 Å². The molecule has 0 saturated carbocycles. The molecule has 160 valence electrons. The van der Waals surface area contributed by atoms with E-state index in [4.69, 9.17) is 9.47 Å². The van der Waals surface area contributed by atoms with Crippen LogP contribution in [0, 0.1) is 6.92 Å². The summed E-state index contributed by atoms with van der Waals surface area (Å²) in [4.78, 5) is 20.2. The molecule has 1 aliphatic rings. The van der Waals surface area contributed by atoms with Crippen LogP contribution in [0.4, 0.5) is 0 Å². The summed E-state index contributed by atoms with van der Waals surface area (Å²) in [6, 6.07) is 12.1. The lowest BCUT2D eigenvalue weighted by Gasteiger charge is -2.23. The first-order chi connectivity index (χ1) is 15.0. The van der Waals surface area contributed by atoms with E-state index < -0.39 is 0 Å². The van der Waals surface area contributed by atoms with E-state index in [-0.39, 0.29) is 11.9 Å². The van der Waals surface area contributed by atoms with Crippen LogP contribution in [0.15, 0.2) is 42.6 Å². The molecular weight excluding hydrogens is 410 g/mol. The van der Waals surface area contributed by atoms with E-state index >= 15 is 0 Å². The van der Waals surface area contributed by atoms with Crippen molar-refractivity contribution in [2.45, 2.75) is 25.8 Å². The zero-order valence-electron chi connectivity index (χ0n) is 17.9. The van der Waals surface area contributed by atoms with Gasteiger partial charge in [0.05, 0.1) is 27.7 Å². The lowest BCUT2D eigenvalue weighted by molar-refractivity contribution is 0.0635. The number of carbonyl (C=O) groups excluding carboxylic acids is 1. The first kappa shape index (κ1) is 20.0. The Bertz CT molecular complexity index is 1280. The molecule has 6 nitrogen and oxygen atoms in total. The zero-order chi connectivity index (χ0) is 21.5. The summed E-state index contributed by atoms with van der Waals surface area (Å²) in [6.07, 6.45) is 3.73. The van der Waals surface area contributed by atoms with Crippen molar-refractivity contribution in [3.8, 4) is 11.5 Å². The average Bonchev–Trinajstić information content (AvgIpc) is 3.46. The number of methoxy groups -OCH3 is 1. The van der Waals surface area contributed by atoms with Gasteiger partial charge in [0.2, 0.25) is 0 Å². The Morgan fingerprint density at radius 3 is 2.97 bits per heavy atom. The summed E-state index contributed by atoms with van der Waals surface area (Å²) in [5.74, 6) is 1.54. The number of carbonyl (C=O) groups is 1. The second kappa shape index (κ2) is 7.98. The molecule has 7 heteroatoms. The van der Waals surface area contributed by atoms with Crippen molar-refractivity contribution in [2.24, 2.45) is 7.05 Å². The lowest BCUT2D eigenvalue weighted by Crippen LogP contribution is -2.37. The van der Waals surface area contributed by atoms with E-state index in [1.807, 2.05) is 29.2 Å². The van der Waals surface area contributed by atoms with Gasteiger partial charge in [-0.2, -0.15) is 0 Å². The minimum absolute atomic E-state index is 0.0506. The highest BCUT2D eigenvalue weighted by atomic mass is 32.1. The fourth-order valence-electron chi connectivity index (χ4n) is 4.37. The predicted octanol–water partition coefficient (Wildman–Crippen LogP) is 5.14. The molecule has 4 aromatic rings. The fourth-order valence-corrected chi connectivity index (χ4v) is 5.39. The minimum Gasteiger partial charge on any atom is -0.456 e. The smallest absolute Gasteiger partial charge is 0.264 e. The van der Waals surface area contributed by atoms with Crippen LogP contribution in [0.25, 0.3) is 21.1 Å². The molecule has 1 atom stereocenters. The van der Waals surface area contributed by atoms with Crippen molar-refractivity contribution < 1.29 is 14.3 Å². The largest absolute Gasteiger partial charge is 0.456 e.